The molecule has 5 nitrogen and oxygen atoms in total. The summed E-state index contributed by atoms with van der Waals surface area (Å²) in [6, 6.07) is 16.8. The highest BCUT2D eigenvalue weighted by Gasteiger charge is 2.15. The molecule has 0 saturated carbocycles. The van der Waals surface area contributed by atoms with Crippen LogP contribution in [0, 0.1) is 31.0 Å². The van der Waals surface area contributed by atoms with Crippen molar-refractivity contribution in [3.63, 3.8) is 0 Å². The number of hydrogen-bond acceptors (Lipinski definition) is 4. The van der Waals surface area contributed by atoms with Crippen molar-refractivity contribution in [3.05, 3.63) is 93.3 Å². The highest BCUT2D eigenvalue weighted by molar-refractivity contribution is 6.32. The van der Waals surface area contributed by atoms with Crippen LogP contribution in [0.3, 0.4) is 0 Å². The predicted octanol–water partition coefficient (Wildman–Crippen LogP) is 6.23. The predicted molar refractivity (Wildman–Crippen MR) is 127 cm³/mol. The van der Waals surface area contributed by atoms with Crippen molar-refractivity contribution in [2.75, 3.05) is 12.4 Å². The number of nitrogens with one attached hydrogen (secondary N) is 1. The Kier molecular flexibility index (Phi) is 7.70. The number of carbonyl (C=O) groups excluding carboxylic acids is 1. The monoisotopic (exact) mass is 464 g/mol. The molecule has 3 aromatic rings. The fourth-order valence-electron chi connectivity index (χ4n) is 3.34. The molecule has 0 spiro atoms. The number of hydrogen-bond donors (Lipinski definition) is 1. The molecule has 3 aromatic carbocycles. The first-order valence-corrected chi connectivity index (χ1v) is 10.4. The van der Waals surface area contributed by atoms with E-state index in [0.717, 1.165) is 16.7 Å². The fraction of sp³-hybridized carbons (Fsp3) is 0.154. The number of ether oxygens (including phenoxy) is 2. The van der Waals surface area contributed by atoms with Crippen LogP contribution < -0.4 is 14.8 Å². The number of aryl methyl sites for hydroxylation is 2. The summed E-state index contributed by atoms with van der Waals surface area (Å²) in [6.45, 7) is 4.32. The molecule has 0 unspecified atom stereocenters. The summed E-state index contributed by atoms with van der Waals surface area (Å²) in [5.41, 5.74) is 3.46. The molecule has 1 amide bonds. The SMILES string of the molecule is COc1cc(/C=C(\C#N)C(=O)Nc2ccccc2F)cc(Cl)c1OCc1cc(C)cc(C)c1. The highest BCUT2D eigenvalue weighted by Crippen LogP contribution is 2.37. The van der Waals surface area contributed by atoms with E-state index in [1.54, 1.807) is 18.2 Å². The lowest BCUT2D eigenvalue weighted by Crippen LogP contribution is -2.14. The Morgan fingerprint density at radius 3 is 2.48 bits per heavy atom. The Balaban J connectivity index is 1.84. The number of amides is 1. The van der Waals surface area contributed by atoms with Crippen molar-refractivity contribution in [2.45, 2.75) is 20.5 Å². The maximum atomic E-state index is 13.8. The maximum Gasteiger partial charge on any atom is 0.266 e. The largest absolute Gasteiger partial charge is 0.493 e. The van der Waals surface area contributed by atoms with Gasteiger partial charge in [-0.05, 0) is 55.3 Å². The molecule has 0 saturated heterocycles. The molecule has 0 heterocycles. The number of benzene rings is 3. The number of methoxy groups -OCH3 is 1. The summed E-state index contributed by atoms with van der Waals surface area (Å²) in [6.07, 6.45) is 1.35. The minimum atomic E-state index is -0.743. The van der Waals surface area contributed by atoms with E-state index in [-0.39, 0.29) is 16.3 Å². The number of nitriles is 1. The first kappa shape index (κ1) is 23.8. The van der Waals surface area contributed by atoms with Crippen LogP contribution in [0.5, 0.6) is 11.5 Å². The van der Waals surface area contributed by atoms with E-state index in [9.17, 15) is 14.4 Å². The van der Waals surface area contributed by atoms with E-state index in [4.69, 9.17) is 21.1 Å². The Labute approximate surface area is 197 Å². The average molecular weight is 465 g/mol. The first-order chi connectivity index (χ1) is 15.8. The normalized spacial score (nSPS) is 11.0. The number of nitrogens with zero attached hydrogens (tertiary/aromatic N) is 1. The van der Waals surface area contributed by atoms with Gasteiger partial charge in [-0.3, -0.25) is 4.79 Å². The first-order valence-electron chi connectivity index (χ1n) is 10.1. The molecule has 7 heteroatoms. The number of carbonyl (C=O) groups is 1. The van der Waals surface area contributed by atoms with Gasteiger partial charge in [0.25, 0.3) is 5.91 Å². The Hall–Kier alpha value is -3.82. The van der Waals surface area contributed by atoms with Gasteiger partial charge in [-0.1, -0.05) is 53.1 Å². The molecule has 0 fully saturated rings. The van der Waals surface area contributed by atoms with Crippen LogP contribution in [-0.2, 0) is 11.4 Å². The Morgan fingerprint density at radius 2 is 1.85 bits per heavy atom. The van der Waals surface area contributed by atoms with Gasteiger partial charge >= 0.3 is 0 Å². The van der Waals surface area contributed by atoms with Gasteiger partial charge in [0.15, 0.2) is 11.5 Å². The van der Waals surface area contributed by atoms with Crippen LogP contribution in [0.25, 0.3) is 6.08 Å². The lowest BCUT2D eigenvalue weighted by molar-refractivity contribution is -0.112. The summed E-state index contributed by atoms with van der Waals surface area (Å²) in [5.74, 6) is -0.638. The smallest absolute Gasteiger partial charge is 0.266 e. The molecule has 0 aromatic heterocycles. The van der Waals surface area contributed by atoms with Crippen molar-refractivity contribution in [2.24, 2.45) is 0 Å². The van der Waals surface area contributed by atoms with E-state index in [1.165, 1.54) is 31.4 Å². The molecular weight excluding hydrogens is 443 g/mol. The third-order valence-electron chi connectivity index (χ3n) is 4.71. The third kappa shape index (κ3) is 6.12. The van der Waals surface area contributed by atoms with E-state index in [0.29, 0.717) is 23.7 Å². The number of rotatable bonds is 7. The molecule has 33 heavy (non-hydrogen) atoms. The second-order valence-electron chi connectivity index (χ2n) is 7.42. The Morgan fingerprint density at radius 1 is 1.15 bits per heavy atom. The molecule has 3 rings (SSSR count). The van der Waals surface area contributed by atoms with Crippen LogP contribution >= 0.6 is 11.6 Å². The van der Waals surface area contributed by atoms with Gasteiger partial charge < -0.3 is 14.8 Å². The molecule has 0 bridgehead atoms. The second-order valence-corrected chi connectivity index (χ2v) is 7.83. The van der Waals surface area contributed by atoms with Gasteiger partial charge in [0.1, 0.15) is 24.1 Å². The standard InChI is InChI=1S/C26H22ClFN2O3/c1-16-8-17(2)10-19(9-16)15-33-25-21(27)12-18(13-24(25)32-3)11-20(14-29)26(31)30-23-7-5-4-6-22(23)28/h4-13H,15H2,1-3H3,(H,30,31)/b20-11+. The zero-order chi connectivity index (χ0) is 24.0. The molecule has 0 radical (unpaired) electrons. The van der Waals surface area contributed by atoms with Gasteiger partial charge in [-0.25, -0.2) is 4.39 Å². The van der Waals surface area contributed by atoms with Crippen molar-refractivity contribution in [1.29, 1.82) is 5.26 Å². The molecule has 168 valence electrons. The van der Waals surface area contributed by atoms with E-state index in [1.807, 2.05) is 32.0 Å². The minimum Gasteiger partial charge on any atom is -0.493 e. The fourth-order valence-corrected chi connectivity index (χ4v) is 3.61. The highest BCUT2D eigenvalue weighted by atomic mass is 35.5. The third-order valence-corrected chi connectivity index (χ3v) is 5.00. The molecule has 1 N–H and O–H groups in total. The van der Waals surface area contributed by atoms with Crippen molar-refractivity contribution in [3.8, 4) is 17.6 Å². The second kappa shape index (κ2) is 10.7. The zero-order valence-corrected chi connectivity index (χ0v) is 19.2. The number of halogens is 2. The van der Waals surface area contributed by atoms with Crippen LogP contribution in [0.4, 0.5) is 10.1 Å². The number of para-hydroxylation sites is 1. The van der Waals surface area contributed by atoms with Gasteiger partial charge in [0, 0.05) is 0 Å². The van der Waals surface area contributed by atoms with Gasteiger partial charge in [0.05, 0.1) is 17.8 Å². The van der Waals surface area contributed by atoms with Crippen LogP contribution in [-0.4, -0.2) is 13.0 Å². The number of anilines is 1. The quantitative estimate of drug-likeness (QED) is 0.332. The van der Waals surface area contributed by atoms with E-state index >= 15 is 0 Å². The average Bonchev–Trinajstić information content (AvgIpc) is 2.77. The van der Waals surface area contributed by atoms with Gasteiger partial charge in [-0.15, -0.1) is 0 Å². The van der Waals surface area contributed by atoms with Gasteiger partial charge in [-0.2, -0.15) is 5.26 Å². The molecule has 0 aliphatic carbocycles. The van der Waals surface area contributed by atoms with Crippen LogP contribution in [0.15, 0.2) is 60.2 Å². The van der Waals surface area contributed by atoms with E-state index in [2.05, 4.69) is 11.4 Å². The van der Waals surface area contributed by atoms with Crippen LogP contribution in [0.2, 0.25) is 5.02 Å². The summed E-state index contributed by atoms with van der Waals surface area (Å²) in [5, 5.41) is 12.1. The topological polar surface area (TPSA) is 71.3 Å². The summed E-state index contributed by atoms with van der Waals surface area (Å²) in [4.78, 5) is 12.5. The van der Waals surface area contributed by atoms with Crippen LogP contribution in [0.1, 0.15) is 22.3 Å². The maximum absolute atomic E-state index is 13.8. The lowest BCUT2D eigenvalue weighted by atomic mass is 10.1. The van der Waals surface area contributed by atoms with Crippen molar-refractivity contribution >= 4 is 29.3 Å². The summed E-state index contributed by atoms with van der Waals surface area (Å²) in [7, 11) is 1.47. The minimum absolute atomic E-state index is 0.0191. The molecule has 0 aliphatic rings. The lowest BCUT2D eigenvalue weighted by Gasteiger charge is -2.14. The summed E-state index contributed by atoms with van der Waals surface area (Å²) >= 11 is 6.43. The summed E-state index contributed by atoms with van der Waals surface area (Å²) < 4.78 is 25.1. The zero-order valence-electron chi connectivity index (χ0n) is 18.4. The molecular formula is C26H22ClFN2O3. The van der Waals surface area contributed by atoms with Crippen molar-refractivity contribution in [1.82, 2.24) is 0 Å². The molecule has 0 atom stereocenters. The Bertz CT molecular complexity index is 1240. The van der Waals surface area contributed by atoms with Gasteiger partial charge in [0.2, 0.25) is 0 Å². The van der Waals surface area contributed by atoms with E-state index < -0.39 is 11.7 Å². The van der Waals surface area contributed by atoms with Crippen molar-refractivity contribution < 1.29 is 18.7 Å². The molecule has 0 aliphatic heterocycles.